The minimum atomic E-state index is -0.0977. The first-order valence-electron chi connectivity index (χ1n) is 3.94. The van der Waals surface area contributed by atoms with Crippen molar-refractivity contribution in [3.05, 3.63) is 11.9 Å². The van der Waals surface area contributed by atoms with Crippen molar-refractivity contribution in [3.63, 3.8) is 0 Å². The van der Waals surface area contributed by atoms with Crippen LogP contribution in [0.3, 0.4) is 0 Å². The van der Waals surface area contributed by atoms with Gasteiger partial charge in [0, 0.05) is 6.54 Å². The molecule has 1 fully saturated rings. The van der Waals surface area contributed by atoms with Gasteiger partial charge in [-0.2, -0.15) is 0 Å². The zero-order valence-electron chi connectivity index (χ0n) is 6.62. The molecule has 0 bridgehead atoms. The van der Waals surface area contributed by atoms with Crippen LogP contribution >= 0.6 is 0 Å². The molecule has 0 amide bonds. The molecular formula is C7H12N4. The predicted molar refractivity (Wildman–Crippen MR) is 40.8 cm³/mol. The lowest BCUT2D eigenvalue weighted by atomic mass is 10.2. The first-order chi connectivity index (χ1) is 5.26. The van der Waals surface area contributed by atoms with Crippen LogP contribution in [0.1, 0.15) is 25.5 Å². The highest BCUT2D eigenvalue weighted by molar-refractivity contribution is 5.18. The Labute approximate surface area is 65.4 Å². The SMILES string of the molecule is CCn1nncc1C1(N)CC1. The van der Waals surface area contributed by atoms with E-state index in [1.165, 1.54) is 0 Å². The van der Waals surface area contributed by atoms with E-state index >= 15 is 0 Å². The quantitative estimate of drug-likeness (QED) is 0.660. The Morgan fingerprint density at radius 2 is 2.45 bits per heavy atom. The van der Waals surface area contributed by atoms with Gasteiger partial charge in [-0.3, -0.25) is 0 Å². The molecule has 1 aromatic heterocycles. The fourth-order valence-corrected chi connectivity index (χ4v) is 1.27. The van der Waals surface area contributed by atoms with Gasteiger partial charge in [-0.15, -0.1) is 5.10 Å². The van der Waals surface area contributed by atoms with Gasteiger partial charge in [-0.05, 0) is 19.8 Å². The number of nitrogens with zero attached hydrogens (tertiary/aromatic N) is 3. The smallest absolute Gasteiger partial charge is 0.0785 e. The van der Waals surface area contributed by atoms with E-state index in [4.69, 9.17) is 5.73 Å². The van der Waals surface area contributed by atoms with Crippen molar-refractivity contribution in [1.82, 2.24) is 15.0 Å². The van der Waals surface area contributed by atoms with E-state index in [-0.39, 0.29) is 5.54 Å². The van der Waals surface area contributed by atoms with E-state index in [1.54, 1.807) is 6.20 Å². The Hall–Kier alpha value is -0.900. The summed E-state index contributed by atoms with van der Waals surface area (Å²) in [5.41, 5.74) is 6.97. The molecule has 0 radical (unpaired) electrons. The summed E-state index contributed by atoms with van der Waals surface area (Å²) in [5, 5.41) is 7.76. The van der Waals surface area contributed by atoms with Crippen LogP contribution in [0, 0.1) is 0 Å². The molecular weight excluding hydrogens is 140 g/mol. The second-order valence-corrected chi connectivity index (χ2v) is 3.09. The molecule has 1 saturated carbocycles. The Morgan fingerprint density at radius 3 is 3.00 bits per heavy atom. The predicted octanol–water partition coefficient (Wildman–Crippen LogP) is 0.246. The molecule has 1 aromatic rings. The van der Waals surface area contributed by atoms with Gasteiger partial charge in [-0.25, -0.2) is 4.68 Å². The highest BCUT2D eigenvalue weighted by Crippen LogP contribution is 2.41. The molecule has 4 nitrogen and oxygen atoms in total. The van der Waals surface area contributed by atoms with Crippen molar-refractivity contribution in [2.45, 2.75) is 31.8 Å². The summed E-state index contributed by atoms with van der Waals surface area (Å²) >= 11 is 0. The van der Waals surface area contributed by atoms with Gasteiger partial charge in [-0.1, -0.05) is 5.21 Å². The zero-order chi connectivity index (χ0) is 7.90. The molecule has 0 saturated heterocycles. The average Bonchev–Trinajstić information content (AvgIpc) is 2.61. The Morgan fingerprint density at radius 1 is 1.73 bits per heavy atom. The molecule has 1 aliphatic rings. The van der Waals surface area contributed by atoms with E-state index in [0.717, 1.165) is 25.1 Å². The number of hydrogen-bond acceptors (Lipinski definition) is 3. The largest absolute Gasteiger partial charge is 0.320 e. The monoisotopic (exact) mass is 152 g/mol. The summed E-state index contributed by atoms with van der Waals surface area (Å²) in [7, 11) is 0. The van der Waals surface area contributed by atoms with Gasteiger partial charge in [0.1, 0.15) is 0 Å². The second-order valence-electron chi connectivity index (χ2n) is 3.09. The van der Waals surface area contributed by atoms with Crippen molar-refractivity contribution >= 4 is 0 Å². The summed E-state index contributed by atoms with van der Waals surface area (Å²) in [6, 6.07) is 0. The molecule has 11 heavy (non-hydrogen) atoms. The van der Waals surface area contributed by atoms with Crippen molar-refractivity contribution in [2.24, 2.45) is 5.73 Å². The second kappa shape index (κ2) is 2.04. The van der Waals surface area contributed by atoms with Crippen molar-refractivity contribution in [2.75, 3.05) is 0 Å². The Bertz CT molecular complexity index is 261. The van der Waals surface area contributed by atoms with Gasteiger partial charge in [0.15, 0.2) is 0 Å². The maximum absolute atomic E-state index is 5.99. The summed E-state index contributed by atoms with van der Waals surface area (Å²) < 4.78 is 1.87. The highest BCUT2D eigenvalue weighted by Gasteiger charge is 2.42. The highest BCUT2D eigenvalue weighted by atomic mass is 15.4. The van der Waals surface area contributed by atoms with Crippen LogP contribution in [-0.4, -0.2) is 15.0 Å². The van der Waals surface area contributed by atoms with Crippen molar-refractivity contribution < 1.29 is 0 Å². The van der Waals surface area contributed by atoms with Crippen molar-refractivity contribution in [1.29, 1.82) is 0 Å². The number of aromatic nitrogens is 3. The number of aryl methyl sites for hydroxylation is 1. The molecule has 4 heteroatoms. The lowest BCUT2D eigenvalue weighted by molar-refractivity contribution is 0.552. The lowest BCUT2D eigenvalue weighted by Crippen LogP contribution is -2.23. The van der Waals surface area contributed by atoms with Gasteiger partial charge in [0.25, 0.3) is 0 Å². The minimum Gasteiger partial charge on any atom is -0.320 e. The number of rotatable bonds is 2. The number of hydrogen-bond donors (Lipinski definition) is 1. The lowest BCUT2D eigenvalue weighted by Gasteiger charge is -2.08. The average molecular weight is 152 g/mol. The van der Waals surface area contributed by atoms with Crippen LogP contribution in [0.25, 0.3) is 0 Å². The van der Waals surface area contributed by atoms with E-state index in [9.17, 15) is 0 Å². The molecule has 0 spiro atoms. The van der Waals surface area contributed by atoms with E-state index in [2.05, 4.69) is 10.3 Å². The molecule has 60 valence electrons. The van der Waals surface area contributed by atoms with Gasteiger partial charge < -0.3 is 5.73 Å². The molecule has 2 N–H and O–H groups in total. The standard InChI is InChI=1S/C7H12N4/c1-2-11-6(5-9-10-11)7(8)3-4-7/h5H,2-4,8H2,1H3. The van der Waals surface area contributed by atoms with Crippen molar-refractivity contribution in [3.8, 4) is 0 Å². The molecule has 0 aromatic carbocycles. The van der Waals surface area contributed by atoms with Crippen LogP contribution < -0.4 is 5.73 Å². The van der Waals surface area contributed by atoms with E-state index in [1.807, 2.05) is 11.6 Å². The first-order valence-corrected chi connectivity index (χ1v) is 3.94. The third kappa shape index (κ3) is 0.939. The van der Waals surface area contributed by atoms with Gasteiger partial charge in [0.05, 0.1) is 17.4 Å². The zero-order valence-corrected chi connectivity index (χ0v) is 6.62. The van der Waals surface area contributed by atoms with Gasteiger partial charge >= 0.3 is 0 Å². The maximum Gasteiger partial charge on any atom is 0.0785 e. The maximum atomic E-state index is 5.99. The minimum absolute atomic E-state index is 0.0977. The molecule has 1 heterocycles. The molecule has 0 aliphatic heterocycles. The van der Waals surface area contributed by atoms with Crippen LogP contribution in [0.15, 0.2) is 6.20 Å². The fourth-order valence-electron chi connectivity index (χ4n) is 1.27. The third-order valence-corrected chi connectivity index (χ3v) is 2.22. The molecule has 2 rings (SSSR count). The summed E-state index contributed by atoms with van der Waals surface area (Å²) in [6.45, 7) is 2.90. The van der Waals surface area contributed by atoms with Crippen LogP contribution in [-0.2, 0) is 12.1 Å². The topological polar surface area (TPSA) is 56.7 Å². The normalized spacial score (nSPS) is 20.2. The fraction of sp³-hybridized carbons (Fsp3) is 0.714. The van der Waals surface area contributed by atoms with E-state index in [0.29, 0.717) is 0 Å². The number of nitrogens with two attached hydrogens (primary N) is 1. The third-order valence-electron chi connectivity index (χ3n) is 2.22. The van der Waals surface area contributed by atoms with Crippen LogP contribution in [0.5, 0.6) is 0 Å². The van der Waals surface area contributed by atoms with Crippen LogP contribution in [0.2, 0.25) is 0 Å². The summed E-state index contributed by atoms with van der Waals surface area (Å²) in [4.78, 5) is 0. The molecule has 1 aliphatic carbocycles. The summed E-state index contributed by atoms with van der Waals surface area (Å²) in [5.74, 6) is 0. The first kappa shape index (κ1) is 6.79. The van der Waals surface area contributed by atoms with Gasteiger partial charge in [0.2, 0.25) is 0 Å². The van der Waals surface area contributed by atoms with Crippen LogP contribution in [0.4, 0.5) is 0 Å². The molecule has 0 atom stereocenters. The summed E-state index contributed by atoms with van der Waals surface area (Å²) in [6.07, 6.45) is 3.91. The Balaban J connectivity index is 2.36. The Kier molecular flexibility index (Phi) is 1.26. The molecule has 0 unspecified atom stereocenters. The van der Waals surface area contributed by atoms with E-state index < -0.39 is 0 Å².